The zero-order valence-electron chi connectivity index (χ0n) is 16.1. The van der Waals surface area contributed by atoms with E-state index < -0.39 is 17.8 Å². The Morgan fingerprint density at radius 1 is 1.25 bits per heavy atom. The van der Waals surface area contributed by atoms with Crippen LogP contribution in [0.15, 0.2) is 24.3 Å². The van der Waals surface area contributed by atoms with E-state index in [1.54, 1.807) is 6.07 Å². The molecular formula is C20H30F3N3O2. The first-order chi connectivity index (χ1) is 13.4. The summed E-state index contributed by atoms with van der Waals surface area (Å²) in [7, 11) is 0. The average Bonchev–Trinajstić information content (AvgIpc) is 3.05. The molecule has 4 unspecified atom stereocenters. The van der Waals surface area contributed by atoms with Crippen LogP contribution in [0.2, 0.25) is 0 Å². The van der Waals surface area contributed by atoms with Gasteiger partial charge in [0, 0.05) is 24.5 Å². The normalized spacial score (nSPS) is 28.9. The quantitative estimate of drug-likeness (QED) is 0.504. The summed E-state index contributed by atoms with van der Waals surface area (Å²) in [6, 6.07) is 6.35. The molecule has 1 saturated heterocycles. The van der Waals surface area contributed by atoms with Gasteiger partial charge in [-0.25, -0.2) is 0 Å². The number of hydrogen-bond acceptors (Lipinski definition) is 5. The largest absolute Gasteiger partial charge is 0.416 e. The molecule has 1 aliphatic heterocycles. The van der Waals surface area contributed by atoms with Crippen molar-refractivity contribution < 1.29 is 23.0 Å². The van der Waals surface area contributed by atoms with E-state index in [0.717, 1.165) is 25.3 Å². The highest BCUT2D eigenvalue weighted by molar-refractivity contribution is 5.29. The van der Waals surface area contributed by atoms with E-state index in [9.17, 15) is 18.3 Å². The van der Waals surface area contributed by atoms with Crippen molar-refractivity contribution >= 4 is 0 Å². The Morgan fingerprint density at radius 2 is 2.04 bits per heavy atom. The summed E-state index contributed by atoms with van der Waals surface area (Å²) in [6.45, 7) is 3.02. The predicted octanol–water partition coefficient (Wildman–Crippen LogP) is 2.25. The lowest BCUT2D eigenvalue weighted by Gasteiger charge is -2.35. The molecule has 0 bridgehead atoms. The van der Waals surface area contributed by atoms with Crippen LogP contribution >= 0.6 is 0 Å². The standard InChI is InChI=1S/C20H30F3N3O2/c1-13-19-17(26-25-13)7-4-8-18(19)28-12-15(27)11-24-10-9-14-5-2-3-6-16(14)20(21,22)23/h2-3,5-6,13,15,17-19,24-27H,4,7-12H2,1H3/t13?,15-,17?,18?,19?/m0/s1. The maximum atomic E-state index is 13.0. The highest BCUT2D eigenvalue weighted by Crippen LogP contribution is 2.33. The Bertz CT molecular complexity index is 627. The Balaban J connectivity index is 1.38. The number of nitrogens with one attached hydrogen (secondary N) is 3. The minimum absolute atomic E-state index is 0.115. The summed E-state index contributed by atoms with van der Waals surface area (Å²) < 4.78 is 45.0. The van der Waals surface area contributed by atoms with Crippen LogP contribution in [-0.4, -0.2) is 49.1 Å². The van der Waals surface area contributed by atoms with Crippen molar-refractivity contribution in [3.8, 4) is 0 Å². The van der Waals surface area contributed by atoms with Gasteiger partial charge in [0.25, 0.3) is 0 Å². The van der Waals surface area contributed by atoms with E-state index in [2.05, 4.69) is 23.1 Å². The molecule has 0 spiro atoms. The first kappa shape index (κ1) is 21.5. The molecule has 0 aromatic heterocycles. The minimum Gasteiger partial charge on any atom is -0.389 e. The van der Waals surface area contributed by atoms with E-state index in [1.807, 2.05) is 0 Å². The third-order valence-corrected chi connectivity index (χ3v) is 5.75. The van der Waals surface area contributed by atoms with Crippen LogP contribution in [-0.2, 0) is 17.3 Å². The molecule has 1 heterocycles. The number of alkyl halides is 3. The molecule has 5 atom stereocenters. The van der Waals surface area contributed by atoms with Crippen LogP contribution in [0, 0.1) is 5.92 Å². The predicted molar refractivity (Wildman–Crippen MR) is 101 cm³/mol. The van der Waals surface area contributed by atoms with Gasteiger partial charge in [0.05, 0.1) is 24.4 Å². The fourth-order valence-electron chi connectivity index (χ4n) is 4.35. The monoisotopic (exact) mass is 401 g/mol. The van der Waals surface area contributed by atoms with Crippen molar-refractivity contribution in [1.82, 2.24) is 16.2 Å². The topological polar surface area (TPSA) is 65.5 Å². The first-order valence-corrected chi connectivity index (χ1v) is 10.0. The van der Waals surface area contributed by atoms with Crippen molar-refractivity contribution in [2.75, 3.05) is 19.7 Å². The maximum Gasteiger partial charge on any atom is 0.416 e. The van der Waals surface area contributed by atoms with Gasteiger partial charge in [-0.3, -0.25) is 10.9 Å². The molecule has 4 N–H and O–H groups in total. The van der Waals surface area contributed by atoms with Gasteiger partial charge in [0.2, 0.25) is 0 Å². The lowest BCUT2D eigenvalue weighted by Crippen LogP contribution is -2.43. The van der Waals surface area contributed by atoms with Crippen LogP contribution in [0.5, 0.6) is 0 Å². The van der Waals surface area contributed by atoms with Crippen molar-refractivity contribution in [3.63, 3.8) is 0 Å². The van der Waals surface area contributed by atoms with Gasteiger partial charge in [-0.1, -0.05) is 18.2 Å². The maximum absolute atomic E-state index is 13.0. The van der Waals surface area contributed by atoms with E-state index >= 15 is 0 Å². The second kappa shape index (κ2) is 9.54. The molecule has 2 aliphatic rings. The second-order valence-corrected chi connectivity index (χ2v) is 7.83. The van der Waals surface area contributed by atoms with Gasteiger partial charge in [0.1, 0.15) is 0 Å². The van der Waals surface area contributed by atoms with Gasteiger partial charge in [0.15, 0.2) is 0 Å². The Hall–Kier alpha value is -1.19. The van der Waals surface area contributed by atoms with Crippen LogP contribution in [0.3, 0.4) is 0 Å². The van der Waals surface area contributed by atoms with Crippen molar-refractivity contribution in [1.29, 1.82) is 0 Å². The molecule has 2 fully saturated rings. The summed E-state index contributed by atoms with van der Waals surface area (Å²) in [4.78, 5) is 0. The number of hydrazine groups is 1. The molecule has 8 heteroatoms. The van der Waals surface area contributed by atoms with Gasteiger partial charge in [-0.2, -0.15) is 13.2 Å². The van der Waals surface area contributed by atoms with Crippen LogP contribution in [0.25, 0.3) is 0 Å². The molecule has 158 valence electrons. The Morgan fingerprint density at radius 3 is 2.82 bits per heavy atom. The summed E-state index contributed by atoms with van der Waals surface area (Å²) in [6.07, 6.45) is -1.44. The molecule has 3 rings (SSSR count). The smallest absolute Gasteiger partial charge is 0.389 e. The molecule has 1 aromatic carbocycles. The molecular weight excluding hydrogens is 371 g/mol. The molecule has 5 nitrogen and oxygen atoms in total. The minimum atomic E-state index is -4.34. The van der Waals surface area contributed by atoms with Crippen molar-refractivity contribution in [2.45, 2.75) is 63.1 Å². The zero-order chi connectivity index (χ0) is 20.1. The highest BCUT2D eigenvalue weighted by Gasteiger charge is 2.41. The highest BCUT2D eigenvalue weighted by atomic mass is 19.4. The lowest BCUT2D eigenvalue weighted by molar-refractivity contribution is -0.138. The van der Waals surface area contributed by atoms with Crippen molar-refractivity contribution in [3.05, 3.63) is 35.4 Å². The second-order valence-electron chi connectivity index (χ2n) is 7.83. The summed E-state index contributed by atoms with van der Waals surface area (Å²) in [5.74, 6) is 0.396. The zero-order valence-corrected chi connectivity index (χ0v) is 16.1. The molecule has 1 saturated carbocycles. The molecule has 1 aliphatic carbocycles. The number of rotatable bonds is 8. The summed E-state index contributed by atoms with van der Waals surface area (Å²) >= 11 is 0. The van der Waals surface area contributed by atoms with Gasteiger partial charge in [-0.15, -0.1) is 0 Å². The lowest BCUT2D eigenvalue weighted by atomic mass is 9.80. The SMILES string of the molecule is CC1NNC2CCCC(OC[C@@H](O)CNCCc3ccccc3C(F)(F)F)C12. The third kappa shape index (κ3) is 5.45. The van der Waals surface area contributed by atoms with Crippen LogP contribution < -0.4 is 16.2 Å². The summed E-state index contributed by atoms with van der Waals surface area (Å²) in [5, 5.41) is 13.2. The number of aliphatic hydroxyl groups is 1. The number of fused-ring (bicyclic) bond motifs is 1. The van der Waals surface area contributed by atoms with Crippen LogP contribution in [0.1, 0.15) is 37.3 Å². The fraction of sp³-hybridized carbons (Fsp3) is 0.700. The number of aliphatic hydroxyl groups excluding tert-OH is 1. The molecule has 0 radical (unpaired) electrons. The average molecular weight is 401 g/mol. The molecule has 28 heavy (non-hydrogen) atoms. The van der Waals surface area contributed by atoms with E-state index in [0.29, 0.717) is 31.1 Å². The van der Waals surface area contributed by atoms with Gasteiger partial charge in [-0.05, 0) is 50.8 Å². The number of benzene rings is 1. The van der Waals surface area contributed by atoms with Crippen LogP contribution in [0.4, 0.5) is 13.2 Å². The van der Waals surface area contributed by atoms with Gasteiger partial charge >= 0.3 is 6.18 Å². The Labute approximate surface area is 164 Å². The number of hydrogen-bond donors (Lipinski definition) is 4. The fourth-order valence-corrected chi connectivity index (χ4v) is 4.35. The molecule has 0 amide bonds. The molecule has 1 aromatic rings. The van der Waals surface area contributed by atoms with E-state index in [4.69, 9.17) is 4.74 Å². The van der Waals surface area contributed by atoms with E-state index in [-0.39, 0.29) is 24.7 Å². The Kier molecular flexibility index (Phi) is 7.33. The summed E-state index contributed by atoms with van der Waals surface area (Å²) in [5.41, 5.74) is 6.24. The van der Waals surface area contributed by atoms with Crippen molar-refractivity contribution in [2.24, 2.45) is 5.92 Å². The third-order valence-electron chi connectivity index (χ3n) is 5.75. The number of ether oxygens (including phenoxy) is 1. The van der Waals surface area contributed by atoms with Gasteiger partial charge < -0.3 is 15.2 Å². The number of halogens is 3. The first-order valence-electron chi connectivity index (χ1n) is 10.0. The van der Waals surface area contributed by atoms with E-state index in [1.165, 1.54) is 12.1 Å².